The zero-order chi connectivity index (χ0) is 14.0. The highest BCUT2D eigenvalue weighted by atomic mass is 16.2. The number of carbonyl (C=O) groups excluding carboxylic acids is 1. The van der Waals surface area contributed by atoms with Gasteiger partial charge < -0.3 is 15.2 Å². The van der Waals surface area contributed by atoms with E-state index < -0.39 is 6.04 Å². The van der Waals surface area contributed by atoms with Crippen molar-refractivity contribution in [2.24, 2.45) is 11.7 Å². The Morgan fingerprint density at radius 3 is 2.95 bits per heavy atom. The van der Waals surface area contributed by atoms with Crippen molar-refractivity contribution in [2.45, 2.75) is 52.2 Å². The van der Waals surface area contributed by atoms with E-state index in [4.69, 9.17) is 5.73 Å². The van der Waals surface area contributed by atoms with Gasteiger partial charge in [0.2, 0.25) is 5.91 Å². The van der Waals surface area contributed by atoms with Gasteiger partial charge in [0.05, 0.1) is 12.6 Å². The fraction of sp³-hybridized carbons (Fsp3) is 0.769. The van der Waals surface area contributed by atoms with Gasteiger partial charge in [-0.25, -0.2) is 0 Å². The lowest BCUT2D eigenvalue weighted by molar-refractivity contribution is -0.133. The van der Waals surface area contributed by atoms with Gasteiger partial charge in [-0.2, -0.15) is 0 Å². The molecule has 0 bridgehead atoms. The maximum atomic E-state index is 12.2. The summed E-state index contributed by atoms with van der Waals surface area (Å²) in [6.45, 7) is 5.49. The molecule has 2 N–H and O–H groups in total. The molecule has 0 aliphatic carbocycles. The summed E-state index contributed by atoms with van der Waals surface area (Å²) >= 11 is 0. The summed E-state index contributed by atoms with van der Waals surface area (Å²) in [4.78, 5) is 13.9. The van der Waals surface area contributed by atoms with Crippen molar-refractivity contribution in [1.82, 2.24) is 19.7 Å². The van der Waals surface area contributed by atoms with Crippen molar-refractivity contribution in [3.8, 4) is 0 Å². The highest BCUT2D eigenvalue weighted by Crippen LogP contribution is 2.16. The zero-order valence-corrected chi connectivity index (χ0v) is 12.0. The number of rotatable bonds is 5. The molecule has 0 spiro atoms. The summed E-state index contributed by atoms with van der Waals surface area (Å²) in [6, 6.07) is -0.434. The first-order valence-electron chi connectivity index (χ1n) is 6.96. The highest BCUT2D eigenvalue weighted by Gasteiger charge is 2.25. The van der Waals surface area contributed by atoms with Crippen LogP contribution in [0.2, 0.25) is 0 Å². The van der Waals surface area contributed by atoms with Crippen molar-refractivity contribution < 1.29 is 4.79 Å². The number of aromatic nitrogens is 3. The third-order valence-electron chi connectivity index (χ3n) is 3.98. The minimum atomic E-state index is -0.434. The van der Waals surface area contributed by atoms with Gasteiger partial charge in [0.15, 0.2) is 5.82 Å². The lowest BCUT2D eigenvalue weighted by atomic mass is 9.99. The summed E-state index contributed by atoms with van der Waals surface area (Å²) in [5.41, 5.74) is 5.98. The molecular formula is C13H23N5O. The summed E-state index contributed by atoms with van der Waals surface area (Å²) in [6.07, 6.45) is 3.00. The highest BCUT2D eigenvalue weighted by molar-refractivity contribution is 5.81. The van der Waals surface area contributed by atoms with Crippen LogP contribution in [0.4, 0.5) is 0 Å². The van der Waals surface area contributed by atoms with E-state index in [0.717, 1.165) is 37.5 Å². The molecule has 1 aromatic heterocycles. The molecule has 2 heterocycles. The molecule has 1 aliphatic heterocycles. The molecule has 0 radical (unpaired) electrons. The Balaban J connectivity index is 2.00. The smallest absolute Gasteiger partial charge is 0.239 e. The van der Waals surface area contributed by atoms with Crippen molar-refractivity contribution >= 4 is 5.91 Å². The normalized spacial score (nSPS) is 17.1. The Hall–Kier alpha value is -1.43. The fourth-order valence-electron chi connectivity index (χ4n) is 2.37. The molecule has 1 unspecified atom stereocenters. The predicted octanol–water partition coefficient (Wildman–Crippen LogP) is 0.556. The molecule has 0 saturated carbocycles. The molecule has 0 fully saturated rings. The Labute approximate surface area is 114 Å². The van der Waals surface area contributed by atoms with E-state index in [1.807, 2.05) is 13.8 Å². The molecular weight excluding hydrogens is 242 g/mol. The average Bonchev–Trinajstić information content (AvgIpc) is 3.00. The van der Waals surface area contributed by atoms with Gasteiger partial charge in [-0.05, 0) is 12.3 Å². The molecule has 6 heteroatoms. The van der Waals surface area contributed by atoms with Crippen LogP contribution in [0.1, 0.15) is 38.3 Å². The van der Waals surface area contributed by atoms with Crippen LogP contribution in [0.3, 0.4) is 0 Å². The molecule has 2 atom stereocenters. The molecule has 2 rings (SSSR count). The quantitative estimate of drug-likeness (QED) is 0.843. The second-order valence-electron chi connectivity index (χ2n) is 5.39. The topological polar surface area (TPSA) is 77.0 Å². The van der Waals surface area contributed by atoms with Gasteiger partial charge in [0.1, 0.15) is 5.82 Å². The third kappa shape index (κ3) is 2.78. The molecule has 19 heavy (non-hydrogen) atoms. The van der Waals surface area contributed by atoms with Crippen LogP contribution >= 0.6 is 0 Å². The van der Waals surface area contributed by atoms with E-state index in [0.29, 0.717) is 6.54 Å². The molecule has 1 aromatic rings. The summed E-state index contributed by atoms with van der Waals surface area (Å²) in [7, 11) is 1.78. The van der Waals surface area contributed by atoms with E-state index in [-0.39, 0.29) is 11.8 Å². The minimum Gasteiger partial charge on any atom is -0.337 e. The Kier molecular flexibility index (Phi) is 4.19. The first kappa shape index (κ1) is 14.0. The lowest BCUT2D eigenvalue weighted by Crippen LogP contribution is -2.45. The first-order valence-corrected chi connectivity index (χ1v) is 6.96. The standard InChI is InChI=1S/C13H23N5O/c1-4-9(2)12(14)13(19)17(3)8-11-16-15-10-6-5-7-18(10)11/h9,12H,4-8,14H2,1-3H3/t9?,12-/m0/s1. The predicted molar refractivity (Wildman–Crippen MR) is 72.2 cm³/mol. The first-order chi connectivity index (χ1) is 9.04. The molecule has 106 valence electrons. The van der Waals surface area contributed by atoms with Crippen molar-refractivity contribution in [2.75, 3.05) is 7.05 Å². The van der Waals surface area contributed by atoms with Gasteiger partial charge in [-0.3, -0.25) is 4.79 Å². The van der Waals surface area contributed by atoms with Gasteiger partial charge in [-0.15, -0.1) is 10.2 Å². The average molecular weight is 265 g/mol. The molecule has 6 nitrogen and oxygen atoms in total. The fourth-order valence-corrected chi connectivity index (χ4v) is 2.37. The third-order valence-corrected chi connectivity index (χ3v) is 3.98. The number of nitrogens with two attached hydrogens (primary N) is 1. The number of amides is 1. The Bertz CT molecular complexity index is 456. The van der Waals surface area contributed by atoms with Gasteiger partial charge in [0, 0.05) is 20.0 Å². The molecule has 1 aliphatic rings. The van der Waals surface area contributed by atoms with Gasteiger partial charge in [0.25, 0.3) is 0 Å². The minimum absolute atomic E-state index is 0.0234. The molecule has 0 saturated heterocycles. The number of likely N-dealkylation sites (N-methyl/N-ethyl adjacent to an activating group) is 1. The summed E-state index contributed by atoms with van der Waals surface area (Å²) in [5, 5.41) is 8.31. The number of aryl methyl sites for hydroxylation is 1. The number of hydrogen-bond acceptors (Lipinski definition) is 4. The largest absolute Gasteiger partial charge is 0.337 e. The molecule has 0 aromatic carbocycles. The van der Waals surface area contributed by atoms with Crippen LogP contribution in [-0.4, -0.2) is 38.7 Å². The molecule has 1 amide bonds. The SMILES string of the molecule is CCC(C)[C@H](N)C(=O)N(C)Cc1nnc2n1CCC2. The number of carbonyl (C=O) groups is 1. The summed E-state index contributed by atoms with van der Waals surface area (Å²) in [5.74, 6) is 2.06. The van der Waals surface area contributed by atoms with Crippen LogP contribution in [0.5, 0.6) is 0 Å². The van der Waals surface area contributed by atoms with E-state index in [1.165, 1.54) is 0 Å². The second-order valence-corrected chi connectivity index (χ2v) is 5.39. The Morgan fingerprint density at radius 2 is 2.26 bits per heavy atom. The van der Waals surface area contributed by atoms with Crippen LogP contribution in [0.15, 0.2) is 0 Å². The van der Waals surface area contributed by atoms with Crippen LogP contribution in [0, 0.1) is 5.92 Å². The van der Waals surface area contributed by atoms with Crippen LogP contribution in [-0.2, 0) is 24.3 Å². The van der Waals surface area contributed by atoms with Crippen molar-refractivity contribution in [3.63, 3.8) is 0 Å². The Morgan fingerprint density at radius 1 is 1.53 bits per heavy atom. The van der Waals surface area contributed by atoms with Gasteiger partial charge >= 0.3 is 0 Å². The number of nitrogens with zero attached hydrogens (tertiary/aromatic N) is 4. The number of fused-ring (bicyclic) bond motifs is 1. The van der Waals surface area contributed by atoms with Crippen molar-refractivity contribution in [1.29, 1.82) is 0 Å². The van der Waals surface area contributed by atoms with E-state index in [9.17, 15) is 4.79 Å². The zero-order valence-electron chi connectivity index (χ0n) is 12.0. The van der Waals surface area contributed by atoms with Gasteiger partial charge in [-0.1, -0.05) is 20.3 Å². The monoisotopic (exact) mass is 265 g/mol. The van der Waals surface area contributed by atoms with Crippen molar-refractivity contribution in [3.05, 3.63) is 11.6 Å². The number of hydrogen-bond donors (Lipinski definition) is 1. The van der Waals surface area contributed by atoms with E-state index in [1.54, 1.807) is 11.9 Å². The maximum absolute atomic E-state index is 12.2. The second kappa shape index (κ2) is 5.69. The maximum Gasteiger partial charge on any atom is 0.239 e. The van der Waals surface area contributed by atoms with E-state index in [2.05, 4.69) is 14.8 Å². The van der Waals surface area contributed by atoms with Crippen LogP contribution in [0.25, 0.3) is 0 Å². The lowest BCUT2D eigenvalue weighted by Gasteiger charge is -2.24. The summed E-state index contributed by atoms with van der Waals surface area (Å²) < 4.78 is 2.11. The van der Waals surface area contributed by atoms with E-state index >= 15 is 0 Å². The van der Waals surface area contributed by atoms with Crippen LogP contribution < -0.4 is 5.73 Å².